The molecule has 0 bridgehead atoms. The van der Waals surface area contributed by atoms with Crippen LogP contribution in [0.2, 0.25) is 0 Å². The van der Waals surface area contributed by atoms with Crippen LogP contribution in [0.3, 0.4) is 0 Å². The molecule has 134 valence electrons. The third-order valence-electron chi connectivity index (χ3n) is 3.79. The summed E-state index contributed by atoms with van der Waals surface area (Å²) in [6.07, 6.45) is 1.15. The zero-order valence-corrected chi connectivity index (χ0v) is 15.1. The first-order valence-electron chi connectivity index (χ1n) is 7.78. The van der Waals surface area contributed by atoms with Gasteiger partial charge in [0.15, 0.2) is 21.4 Å². The van der Waals surface area contributed by atoms with E-state index in [1.54, 1.807) is 24.3 Å². The molecule has 1 N–H and O–H groups in total. The van der Waals surface area contributed by atoms with Crippen LogP contribution in [0, 0.1) is 0 Å². The topological polar surface area (TPSA) is 107 Å². The molecule has 8 nitrogen and oxygen atoms in total. The number of carbonyl (C=O) groups excluding carboxylic acids is 1. The first-order valence-corrected chi connectivity index (χ1v) is 9.67. The first-order chi connectivity index (χ1) is 12.4. The van der Waals surface area contributed by atoms with Gasteiger partial charge in [0.25, 0.3) is 0 Å². The maximum absolute atomic E-state index is 11.7. The molecule has 0 fully saturated rings. The van der Waals surface area contributed by atoms with Crippen LogP contribution in [0.4, 0.5) is 5.69 Å². The lowest BCUT2D eigenvalue weighted by Crippen LogP contribution is -2.10. The van der Waals surface area contributed by atoms with Gasteiger partial charge in [-0.15, -0.1) is 5.10 Å². The number of nitrogens with zero attached hydrogens (tertiary/aromatic N) is 4. The highest BCUT2D eigenvalue weighted by Crippen LogP contribution is 2.18. The van der Waals surface area contributed by atoms with Gasteiger partial charge in [0.05, 0.1) is 17.1 Å². The van der Waals surface area contributed by atoms with E-state index >= 15 is 0 Å². The number of tetrazole rings is 1. The summed E-state index contributed by atoms with van der Waals surface area (Å²) in [6, 6.07) is 13.5. The Morgan fingerprint density at radius 3 is 2.46 bits per heavy atom. The molecule has 9 heteroatoms. The Labute approximate surface area is 150 Å². The number of rotatable bonds is 6. The molecule has 2 aromatic carbocycles. The molecule has 0 saturated carbocycles. The van der Waals surface area contributed by atoms with Crippen molar-refractivity contribution in [3.63, 3.8) is 0 Å². The second-order valence-electron chi connectivity index (χ2n) is 5.73. The molecule has 0 saturated heterocycles. The number of para-hydroxylation sites is 1. The summed E-state index contributed by atoms with van der Waals surface area (Å²) in [5.74, 6) is 0.486. The summed E-state index contributed by atoms with van der Waals surface area (Å²) < 4.78 is 24.6. The van der Waals surface area contributed by atoms with E-state index in [0.29, 0.717) is 29.3 Å². The molecule has 0 atom stereocenters. The summed E-state index contributed by atoms with van der Waals surface area (Å²) in [5, 5.41) is 14.8. The minimum atomic E-state index is -3.26. The van der Waals surface area contributed by atoms with Crippen molar-refractivity contribution >= 4 is 21.3 Å². The fraction of sp³-hybridized carbons (Fsp3) is 0.176. The van der Waals surface area contributed by atoms with Gasteiger partial charge in [0, 0.05) is 17.5 Å². The Kier molecular flexibility index (Phi) is 4.81. The summed E-state index contributed by atoms with van der Waals surface area (Å²) in [7, 11) is -3.26. The predicted molar refractivity (Wildman–Crippen MR) is 96.0 cm³/mol. The van der Waals surface area contributed by atoms with E-state index in [1.165, 1.54) is 23.7 Å². The monoisotopic (exact) mass is 371 g/mol. The molecule has 0 radical (unpaired) electrons. The third kappa shape index (κ3) is 3.77. The minimum Gasteiger partial charge on any atom is -0.377 e. The Balaban J connectivity index is 1.83. The van der Waals surface area contributed by atoms with Gasteiger partial charge in [-0.25, -0.2) is 8.42 Å². The molecule has 0 amide bonds. The maximum atomic E-state index is 11.7. The van der Waals surface area contributed by atoms with Gasteiger partial charge in [-0.2, -0.15) is 4.68 Å². The van der Waals surface area contributed by atoms with Gasteiger partial charge in [0.1, 0.15) is 0 Å². The summed E-state index contributed by atoms with van der Waals surface area (Å²) in [6.45, 7) is 1.80. The van der Waals surface area contributed by atoms with Gasteiger partial charge >= 0.3 is 0 Å². The van der Waals surface area contributed by atoms with E-state index in [9.17, 15) is 13.2 Å². The van der Waals surface area contributed by atoms with Crippen molar-refractivity contribution in [2.24, 2.45) is 0 Å². The lowest BCUT2D eigenvalue weighted by atomic mass is 10.1. The largest absolute Gasteiger partial charge is 0.377 e. The van der Waals surface area contributed by atoms with E-state index < -0.39 is 9.84 Å². The molecule has 0 aliphatic heterocycles. The van der Waals surface area contributed by atoms with Crippen LogP contribution in [-0.4, -0.2) is 40.7 Å². The van der Waals surface area contributed by atoms with Gasteiger partial charge in [-0.05, 0) is 53.7 Å². The molecule has 3 rings (SSSR count). The zero-order chi connectivity index (χ0) is 18.7. The van der Waals surface area contributed by atoms with Gasteiger partial charge in [-0.3, -0.25) is 4.79 Å². The number of ketones is 1. The zero-order valence-electron chi connectivity index (χ0n) is 14.2. The third-order valence-corrected chi connectivity index (χ3v) is 4.92. The molecular weight excluding hydrogens is 354 g/mol. The lowest BCUT2D eigenvalue weighted by Gasteiger charge is -2.10. The highest BCUT2D eigenvalue weighted by molar-refractivity contribution is 7.90. The van der Waals surface area contributed by atoms with Crippen LogP contribution in [0.1, 0.15) is 23.1 Å². The van der Waals surface area contributed by atoms with E-state index in [1.807, 2.05) is 12.1 Å². The highest BCUT2D eigenvalue weighted by Gasteiger charge is 2.12. The van der Waals surface area contributed by atoms with Gasteiger partial charge in [0.2, 0.25) is 0 Å². The molecule has 26 heavy (non-hydrogen) atoms. The quantitative estimate of drug-likeness (QED) is 0.659. The Morgan fingerprint density at radius 2 is 1.81 bits per heavy atom. The van der Waals surface area contributed by atoms with E-state index in [2.05, 4.69) is 20.8 Å². The number of hydrogen-bond donors (Lipinski definition) is 1. The molecule has 0 unspecified atom stereocenters. The maximum Gasteiger partial charge on any atom is 0.175 e. The number of hydrogen-bond acceptors (Lipinski definition) is 7. The molecular formula is C17H17N5O3S. The van der Waals surface area contributed by atoms with Crippen molar-refractivity contribution in [2.45, 2.75) is 18.4 Å². The number of aromatic nitrogens is 4. The number of carbonyl (C=O) groups is 1. The molecule has 0 spiro atoms. The second kappa shape index (κ2) is 7.04. The summed E-state index contributed by atoms with van der Waals surface area (Å²) >= 11 is 0. The average Bonchev–Trinajstić information content (AvgIpc) is 3.08. The Morgan fingerprint density at radius 1 is 1.12 bits per heavy atom. The van der Waals surface area contributed by atoms with Crippen LogP contribution >= 0.6 is 0 Å². The number of benzene rings is 2. The Bertz CT molecular complexity index is 1040. The van der Waals surface area contributed by atoms with Crippen molar-refractivity contribution in [3.05, 3.63) is 59.9 Å². The van der Waals surface area contributed by atoms with Crippen molar-refractivity contribution in [2.75, 3.05) is 11.6 Å². The van der Waals surface area contributed by atoms with E-state index in [-0.39, 0.29) is 10.7 Å². The SMILES string of the molecule is CC(=O)c1ccccc1NCc1nnnn1-c1ccc(S(C)(=O)=O)cc1. The fourth-order valence-corrected chi connectivity index (χ4v) is 3.10. The van der Waals surface area contributed by atoms with Crippen molar-refractivity contribution in [1.29, 1.82) is 0 Å². The summed E-state index contributed by atoms with van der Waals surface area (Å²) in [5.41, 5.74) is 1.92. The van der Waals surface area contributed by atoms with Crippen LogP contribution < -0.4 is 5.32 Å². The van der Waals surface area contributed by atoms with Crippen LogP contribution in [0.15, 0.2) is 53.4 Å². The molecule has 0 aliphatic carbocycles. The van der Waals surface area contributed by atoms with Crippen molar-refractivity contribution < 1.29 is 13.2 Å². The highest BCUT2D eigenvalue weighted by atomic mass is 32.2. The number of anilines is 1. The molecule has 1 aromatic heterocycles. The molecule has 3 aromatic rings. The smallest absolute Gasteiger partial charge is 0.175 e. The van der Waals surface area contributed by atoms with Crippen molar-refractivity contribution in [3.8, 4) is 5.69 Å². The normalized spacial score (nSPS) is 11.3. The Hall–Kier alpha value is -3.07. The minimum absolute atomic E-state index is 0.0379. The second-order valence-corrected chi connectivity index (χ2v) is 7.74. The van der Waals surface area contributed by atoms with Crippen LogP contribution in [0.5, 0.6) is 0 Å². The van der Waals surface area contributed by atoms with Crippen LogP contribution in [0.25, 0.3) is 5.69 Å². The average molecular weight is 371 g/mol. The van der Waals surface area contributed by atoms with Gasteiger partial charge < -0.3 is 5.32 Å². The lowest BCUT2D eigenvalue weighted by molar-refractivity contribution is 0.101. The van der Waals surface area contributed by atoms with E-state index in [0.717, 1.165) is 6.26 Å². The first kappa shape index (κ1) is 17.7. The fourth-order valence-electron chi connectivity index (χ4n) is 2.47. The predicted octanol–water partition coefficient (Wildman–Crippen LogP) is 1.88. The van der Waals surface area contributed by atoms with Crippen LogP contribution in [-0.2, 0) is 16.4 Å². The number of Topliss-reactive ketones (excluding diaryl/α,β-unsaturated/α-hetero) is 1. The number of sulfone groups is 1. The van der Waals surface area contributed by atoms with Crippen molar-refractivity contribution in [1.82, 2.24) is 20.2 Å². The number of nitrogens with one attached hydrogen (secondary N) is 1. The molecule has 1 heterocycles. The summed E-state index contributed by atoms with van der Waals surface area (Å²) in [4.78, 5) is 11.9. The standard InChI is InChI=1S/C17H17N5O3S/c1-12(23)15-5-3-4-6-16(15)18-11-17-19-20-21-22(17)13-7-9-14(10-8-13)26(2,24)25/h3-10,18H,11H2,1-2H3. The van der Waals surface area contributed by atoms with Gasteiger partial charge in [-0.1, -0.05) is 12.1 Å². The molecule has 0 aliphatic rings. The van der Waals surface area contributed by atoms with E-state index in [4.69, 9.17) is 0 Å².